The van der Waals surface area contributed by atoms with Crippen molar-refractivity contribution in [3.63, 3.8) is 0 Å². The van der Waals surface area contributed by atoms with Crippen LogP contribution in [0.25, 0.3) is 5.57 Å². The summed E-state index contributed by atoms with van der Waals surface area (Å²) in [5.41, 5.74) is -0.699. The van der Waals surface area contributed by atoms with Crippen LogP contribution >= 0.6 is 0 Å². The van der Waals surface area contributed by atoms with E-state index in [0.29, 0.717) is 0 Å². The van der Waals surface area contributed by atoms with Crippen LogP contribution in [-0.4, -0.2) is 0 Å². The molecule has 0 aliphatic heterocycles. The molecule has 0 saturated carbocycles. The SMILES string of the molecule is [2H]C([2H])=C(c1cccc(F)c1C(C)(C)C)C([2H])([2H])[2H]. The molecular weight excluding hydrogens is 175 g/mol. The average molecular weight is 197 g/mol. The Bertz CT molecular complexity index is 505. The first-order chi connectivity index (χ1) is 8.46. The Kier molecular flexibility index (Phi) is 1.45. The van der Waals surface area contributed by atoms with Crippen molar-refractivity contribution < 1.29 is 11.2 Å². The molecule has 14 heavy (non-hydrogen) atoms. The van der Waals surface area contributed by atoms with E-state index < -0.39 is 30.2 Å². The molecule has 1 aromatic rings. The third kappa shape index (κ3) is 2.03. The lowest BCUT2D eigenvalue weighted by Crippen LogP contribution is -2.16. The maximum atomic E-state index is 14.0. The molecule has 1 rings (SSSR count). The highest BCUT2D eigenvalue weighted by molar-refractivity contribution is 5.65. The summed E-state index contributed by atoms with van der Waals surface area (Å²) in [5.74, 6) is -0.520. The smallest absolute Gasteiger partial charge is 0.127 e. The van der Waals surface area contributed by atoms with Crippen LogP contribution in [0.5, 0.6) is 0 Å². The lowest BCUT2D eigenvalue weighted by molar-refractivity contribution is 0.521. The van der Waals surface area contributed by atoms with E-state index in [4.69, 9.17) is 6.85 Å². The van der Waals surface area contributed by atoms with E-state index in [-0.39, 0.29) is 11.1 Å². The van der Waals surface area contributed by atoms with Crippen molar-refractivity contribution in [2.75, 3.05) is 0 Å². The number of halogens is 1. The number of hydrogen-bond acceptors (Lipinski definition) is 0. The molecule has 0 unspecified atom stereocenters. The predicted molar refractivity (Wildman–Crippen MR) is 59.8 cm³/mol. The maximum Gasteiger partial charge on any atom is 0.127 e. The van der Waals surface area contributed by atoms with Gasteiger partial charge in [-0.25, -0.2) is 4.39 Å². The lowest BCUT2D eigenvalue weighted by Gasteiger charge is -2.23. The standard InChI is InChI=1S/C13H17F/c1-9(2)10-7-6-8-11(14)12(10)13(3,4)5/h6-8H,1H2,2-5H3/i1D2,2D3. The van der Waals surface area contributed by atoms with Gasteiger partial charge in [0, 0.05) is 9.68 Å². The van der Waals surface area contributed by atoms with E-state index in [1.165, 1.54) is 18.2 Å². The van der Waals surface area contributed by atoms with Gasteiger partial charge < -0.3 is 0 Å². The van der Waals surface area contributed by atoms with Gasteiger partial charge in [0.1, 0.15) is 5.82 Å². The summed E-state index contributed by atoms with van der Waals surface area (Å²) in [4.78, 5) is 0. The van der Waals surface area contributed by atoms with Gasteiger partial charge in [-0.1, -0.05) is 45.0 Å². The molecule has 1 heteroatoms. The molecule has 0 spiro atoms. The topological polar surface area (TPSA) is 0 Å². The zero-order valence-corrected chi connectivity index (χ0v) is 8.61. The molecule has 0 aliphatic carbocycles. The first kappa shape index (κ1) is 5.69. The Morgan fingerprint density at radius 1 is 1.50 bits per heavy atom. The fourth-order valence-corrected chi connectivity index (χ4v) is 1.49. The van der Waals surface area contributed by atoms with E-state index >= 15 is 0 Å². The molecule has 0 amide bonds. The molecular formula is C13H17F. The van der Waals surface area contributed by atoms with Gasteiger partial charge in [0.2, 0.25) is 0 Å². The van der Waals surface area contributed by atoms with Crippen molar-refractivity contribution >= 4 is 5.57 Å². The first-order valence-electron chi connectivity index (χ1n) is 6.93. The summed E-state index contributed by atoms with van der Waals surface area (Å²) < 4.78 is 51.1. The molecule has 0 fully saturated rings. The monoisotopic (exact) mass is 197 g/mol. The van der Waals surface area contributed by atoms with Gasteiger partial charge in [0.25, 0.3) is 0 Å². The molecule has 0 bridgehead atoms. The second-order valence-corrected chi connectivity index (χ2v) is 4.29. The molecule has 0 radical (unpaired) electrons. The number of allylic oxidation sites excluding steroid dienone is 1. The number of benzene rings is 1. The minimum atomic E-state index is -2.62. The van der Waals surface area contributed by atoms with Crippen LogP contribution in [0.2, 0.25) is 0 Å². The molecule has 0 aromatic heterocycles. The molecule has 0 nitrogen and oxygen atoms in total. The van der Waals surface area contributed by atoms with Gasteiger partial charge >= 0.3 is 0 Å². The van der Waals surface area contributed by atoms with E-state index in [0.717, 1.165) is 0 Å². The quantitative estimate of drug-likeness (QED) is 0.634. The minimum Gasteiger partial charge on any atom is -0.207 e. The van der Waals surface area contributed by atoms with Gasteiger partial charge in [-0.2, -0.15) is 0 Å². The van der Waals surface area contributed by atoms with E-state index in [1.807, 2.05) is 0 Å². The highest BCUT2D eigenvalue weighted by Gasteiger charge is 2.21. The lowest BCUT2D eigenvalue weighted by atomic mass is 9.82. The summed E-state index contributed by atoms with van der Waals surface area (Å²) in [6.45, 7) is 1.86. The number of hydrogen-bond donors (Lipinski definition) is 0. The highest BCUT2D eigenvalue weighted by atomic mass is 19.1. The Labute approximate surface area is 92.5 Å². The van der Waals surface area contributed by atoms with Crippen molar-refractivity contribution in [2.24, 2.45) is 0 Å². The molecule has 0 heterocycles. The molecule has 0 atom stereocenters. The van der Waals surface area contributed by atoms with Gasteiger partial charge in [0.15, 0.2) is 0 Å². The minimum absolute atomic E-state index is 0.118. The number of rotatable bonds is 1. The van der Waals surface area contributed by atoms with Crippen LogP contribution in [-0.2, 0) is 5.41 Å². The van der Waals surface area contributed by atoms with Crippen molar-refractivity contribution in [3.8, 4) is 0 Å². The van der Waals surface area contributed by atoms with Gasteiger partial charge in [-0.15, -0.1) is 0 Å². The predicted octanol–water partition coefficient (Wildman–Crippen LogP) is 4.16. The van der Waals surface area contributed by atoms with Crippen LogP contribution in [0.3, 0.4) is 0 Å². The Morgan fingerprint density at radius 3 is 2.71 bits per heavy atom. The highest BCUT2D eigenvalue weighted by Crippen LogP contribution is 2.31. The van der Waals surface area contributed by atoms with Crippen molar-refractivity contribution in [2.45, 2.75) is 33.0 Å². The average Bonchev–Trinajstić information content (AvgIpc) is 2.11. The van der Waals surface area contributed by atoms with Crippen LogP contribution in [0.1, 0.15) is 45.6 Å². The second-order valence-electron chi connectivity index (χ2n) is 4.29. The Balaban J connectivity index is 3.69. The summed E-state index contributed by atoms with van der Waals surface area (Å²) >= 11 is 0. The fourth-order valence-electron chi connectivity index (χ4n) is 1.49. The molecule has 1 aromatic carbocycles. The van der Waals surface area contributed by atoms with Crippen molar-refractivity contribution in [3.05, 3.63) is 41.7 Å². The van der Waals surface area contributed by atoms with Crippen LogP contribution in [0.15, 0.2) is 24.7 Å². The van der Waals surface area contributed by atoms with Gasteiger partial charge in [-0.05, 0) is 23.9 Å². The summed E-state index contributed by atoms with van der Waals surface area (Å²) in [6, 6.07) is 4.11. The zero-order valence-electron chi connectivity index (χ0n) is 13.6. The van der Waals surface area contributed by atoms with Crippen LogP contribution in [0, 0.1) is 5.82 Å². The Hall–Kier alpha value is -1.11. The fraction of sp³-hybridized carbons (Fsp3) is 0.385. The zero-order chi connectivity index (χ0) is 15.0. The summed E-state index contributed by atoms with van der Waals surface area (Å²) in [5, 5.41) is 0. The normalized spacial score (nSPS) is 17.3. The summed E-state index contributed by atoms with van der Waals surface area (Å²) in [7, 11) is 0. The van der Waals surface area contributed by atoms with Gasteiger partial charge in [-0.3, -0.25) is 0 Å². The third-order valence-corrected chi connectivity index (χ3v) is 2.03. The van der Waals surface area contributed by atoms with Crippen LogP contribution < -0.4 is 0 Å². The van der Waals surface area contributed by atoms with Crippen molar-refractivity contribution in [1.29, 1.82) is 0 Å². The van der Waals surface area contributed by atoms with E-state index in [2.05, 4.69) is 0 Å². The van der Waals surface area contributed by atoms with Gasteiger partial charge in [0.05, 0.1) is 2.74 Å². The molecule has 76 valence electrons. The second kappa shape index (κ2) is 3.56. The third-order valence-electron chi connectivity index (χ3n) is 2.03. The largest absolute Gasteiger partial charge is 0.207 e. The molecule has 0 aliphatic rings. The molecule has 0 saturated heterocycles. The summed E-state index contributed by atoms with van der Waals surface area (Å²) in [6.07, 6.45) is 0. The maximum absolute atomic E-state index is 14.0. The van der Waals surface area contributed by atoms with E-state index in [1.54, 1.807) is 20.8 Å². The van der Waals surface area contributed by atoms with E-state index in [9.17, 15) is 4.39 Å². The van der Waals surface area contributed by atoms with Crippen molar-refractivity contribution in [1.82, 2.24) is 0 Å². The van der Waals surface area contributed by atoms with Crippen LogP contribution in [0.4, 0.5) is 4.39 Å². The Morgan fingerprint density at radius 2 is 2.21 bits per heavy atom. The molecule has 0 N–H and O–H groups in total. The first-order valence-corrected chi connectivity index (χ1v) is 4.43.